The number of nitrogens with one attached hydrogen (secondary N) is 1. The predicted molar refractivity (Wildman–Crippen MR) is 96.9 cm³/mol. The standard InChI is InChI=1S/C19H21N3O4/c1-19(2)25-13-15(26-19)9-6-11-22-12-10-16(21-18(22)24)20-17(23)14-7-4-3-5-8-14/h3-10,12,15H,11,13H2,1-2H3,(H,20,21,23,24)/b9-6+. The average molecular weight is 355 g/mol. The van der Waals surface area contributed by atoms with Crippen molar-refractivity contribution in [3.05, 3.63) is 70.8 Å². The maximum absolute atomic E-state index is 12.1. The first-order valence-electron chi connectivity index (χ1n) is 8.35. The number of aromatic nitrogens is 2. The van der Waals surface area contributed by atoms with Gasteiger partial charge in [0.25, 0.3) is 5.91 Å². The summed E-state index contributed by atoms with van der Waals surface area (Å²) in [6, 6.07) is 10.3. The number of hydrogen-bond donors (Lipinski definition) is 1. The van der Waals surface area contributed by atoms with Crippen LogP contribution in [-0.4, -0.2) is 34.0 Å². The van der Waals surface area contributed by atoms with Crippen LogP contribution in [0, 0.1) is 0 Å². The SMILES string of the molecule is CC1(C)OCC(/C=C/Cn2ccc(NC(=O)c3ccccc3)nc2=O)O1. The largest absolute Gasteiger partial charge is 0.349 e. The maximum atomic E-state index is 12.1. The number of anilines is 1. The van der Waals surface area contributed by atoms with Crippen LogP contribution < -0.4 is 11.0 Å². The van der Waals surface area contributed by atoms with Crippen LogP contribution >= 0.6 is 0 Å². The number of benzene rings is 1. The van der Waals surface area contributed by atoms with Crippen molar-refractivity contribution in [2.75, 3.05) is 11.9 Å². The number of ether oxygens (including phenoxy) is 2. The van der Waals surface area contributed by atoms with Gasteiger partial charge in [-0.3, -0.25) is 9.36 Å². The van der Waals surface area contributed by atoms with Crippen LogP contribution in [0.3, 0.4) is 0 Å². The molecular weight excluding hydrogens is 334 g/mol. The van der Waals surface area contributed by atoms with Gasteiger partial charge in [-0.1, -0.05) is 30.4 Å². The zero-order valence-corrected chi connectivity index (χ0v) is 14.7. The molecule has 7 heteroatoms. The van der Waals surface area contributed by atoms with Crippen molar-refractivity contribution in [2.24, 2.45) is 0 Å². The lowest BCUT2D eigenvalue weighted by Gasteiger charge is -2.15. The van der Waals surface area contributed by atoms with Crippen molar-refractivity contribution >= 4 is 11.7 Å². The van der Waals surface area contributed by atoms with E-state index in [1.54, 1.807) is 36.5 Å². The van der Waals surface area contributed by atoms with E-state index in [4.69, 9.17) is 9.47 Å². The van der Waals surface area contributed by atoms with E-state index >= 15 is 0 Å². The summed E-state index contributed by atoms with van der Waals surface area (Å²) in [6.07, 6.45) is 5.17. The Morgan fingerprint density at radius 2 is 2.12 bits per heavy atom. The second-order valence-electron chi connectivity index (χ2n) is 6.36. The Kier molecular flexibility index (Phi) is 5.29. The number of hydrogen-bond acceptors (Lipinski definition) is 5. The van der Waals surface area contributed by atoms with Crippen molar-refractivity contribution in [2.45, 2.75) is 32.3 Å². The molecule has 0 spiro atoms. The molecule has 1 unspecified atom stereocenters. The van der Waals surface area contributed by atoms with Gasteiger partial charge in [0.2, 0.25) is 0 Å². The van der Waals surface area contributed by atoms with E-state index in [-0.39, 0.29) is 17.8 Å². The first-order valence-corrected chi connectivity index (χ1v) is 8.35. The van der Waals surface area contributed by atoms with Gasteiger partial charge in [-0.25, -0.2) is 4.79 Å². The Morgan fingerprint density at radius 3 is 2.77 bits per heavy atom. The molecule has 2 aromatic rings. The lowest BCUT2D eigenvalue weighted by Crippen LogP contribution is -2.24. The van der Waals surface area contributed by atoms with E-state index in [0.29, 0.717) is 18.7 Å². The number of allylic oxidation sites excluding steroid dienone is 1. The third-order valence-corrected chi connectivity index (χ3v) is 3.83. The second-order valence-corrected chi connectivity index (χ2v) is 6.36. The van der Waals surface area contributed by atoms with Crippen molar-refractivity contribution in [3.8, 4) is 0 Å². The first kappa shape index (κ1) is 18.0. The molecular formula is C19H21N3O4. The van der Waals surface area contributed by atoms with Crippen LogP contribution in [0.4, 0.5) is 5.82 Å². The second kappa shape index (κ2) is 7.63. The quantitative estimate of drug-likeness (QED) is 0.832. The van der Waals surface area contributed by atoms with Gasteiger partial charge in [-0.05, 0) is 32.0 Å². The van der Waals surface area contributed by atoms with Gasteiger partial charge >= 0.3 is 5.69 Å². The Labute approximate surface area is 151 Å². The van der Waals surface area contributed by atoms with Gasteiger partial charge < -0.3 is 14.8 Å². The van der Waals surface area contributed by atoms with Crippen LogP contribution in [0.2, 0.25) is 0 Å². The molecule has 1 N–H and O–H groups in total. The minimum atomic E-state index is -0.577. The Morgan fingerprint density at radius 1 is 1.35 bits per heavy atom. The number of amides is 1. The van der Waals surface area contributed by atoms with Crippen LogP contribution in [0.15, 0.2) is 59.5 Å². The molecule has 1 saturated heterocycles. The molecule has 1 fully saturated rings. The molecule has 0 saturated carbocycles. The molecule has 1 aromatic heterocycles. The van der Waals surface area contributed by atoms with Gasteiger partial charge in [0.1, 0.15) is 11.9 Å². The van der Waals surface area contributed by atoms with Crippen LogP contribution in [0.25, 0.3) is 0 Å². The number of carbonyl (C=O) groups is 1. The smallest absolute Gasteiger partial charge is 0.347 e. The summed E-state index contributed by atoms with van der Waals surface area (Å²) in [5.41, 5.74) is 0.0625. The highest BCUT2D eigenvalue weighted by Gasteiger charge is 2.30. The highest BCUT2D eigenvalue weighted by Crippen LogP contribution is 2.22. The number of carbonyl (C=O) groups excluding carboxylic acids is 1. The summed E-state index contributed by atoms with van der Waals surface area (Å²) in [4.78, 5) is 28.1. The molecule has 2 heterocycles. The predicted octanol–water partition coefficient (Wildman–Crippen LogP) is 2.20. The Balaban J connectivity index is 1.59. The fourth-order valence-corrected chi connectivity index (χ4v) is 2.55. The minimum Gasteiger partial charge on any atom is -0.347 e. The topological polar surface area (TPSA) is 82.5 Å². The van der Waals surface area contributed by atoms with Gasteiger partial charge in [0.05, 0.1) is 6.61 Å². The maximum Gasteiger partial charge on any atom is 0.349 e. The van der Waals surface area contributed by atoms with E-state index in [0.717, 1.165) is 0 Å². The molecule has 136 valence electrons. The lowest BCUT2D eigenvalue weighted by atomic mass is 10.2. The minimum absolute atomic E-state index is 0.127. The fourth-order valence-electron chi connectivity index (χ4n) is 2.55. The van der Waals surface area contributed by atoms with Gasteiger partial charge in [0.15, 0.2) is 5.79 Å². The van der Waals surface area contributed by atoms with Crippen molar-refractivity contribution < 1.29 is 14.3 Å². The molecule has 7 nitrogen and oxygen atoms in total. The zero-order chi connectivity index (χ0) is 18.6. The fraction of sp³-hybridized carbons (Fsp3) is 0.316. The van der Waals surface area contributed by atoms with Crippen molar-refractivity contribution in [3.63, 3.8) is 0 Å². The Hall–Kier alpha value is -2.77. The van der Waals surface area contributed by atoms with E-state index < -0.39 is 11.5 Å². The van der Waals surface area contributed by atoms with E-state index in [1.807, 2.05) is 32.1 Å². The first-order chi connectivity index (χ1) is 12.4. The molecule has 1 aliphatic rings. The van der Waals surface area contributed by atoms with Crippen LogP contribution in [-0.2, 0) is 16.0 Å². The lowest BCUT2D eigenvalue weighted by molar-refractivity contribution is -0.133. The summed E-state index contributed by atoms with van der Waals surface area (Å²) in [5, 5.41) is 2.62. The average Bonchev–Trinajstić information content (AvgIpc) is 2.96. The van der Waals surface area contributed by atoms with E-state index in [1.165, 1.54) is 4.57 Å². The monoisotopic (exact) mass is 355 g/mol. The summed E-state index contributed by atoms with van der Waals surface area (Å²) in [7, 11) is 0. The molecule has 0 radical (unpaired) electrons. The molecule has 1 aromatic carbocycles. The molecule has 1 atom stereocenters. The summed E-state index contributed by atoms with van der Waals surface area (Å²) in [5.74, 6) is -0.666. The number of nitrogens with zero attached hydrogens (tertiary/aromatic N) is 2. The van der Waals surface area contributed by atoms with E-state index in [9.17, 15) is 9.59 Å². The molecule has 1 aliphatic heterocycles. The normalized spacial score (nSPS) is 18.9. The molecule has 1 amide bonds. The van der Waals surface area contributed by atoms with Gasteiger partial charge in [0, 0.05) is 18.3 Å². The molecule has 0 bridgehead atoms. The Bertz CT molecular complexity index is 859. The van der Waals surface area contributed by atoms with Gasteiger partial charge in [-0.2, -0.15) is 4.98 Å². The van der Waals surface area contributed by atoms with E-state index in [2.05, 4.69) is 10.3 Å². The van der Waals surface area contributed by atoms with Crippen molar-refractivity contribution in [1.82, 2.24) is 9.55 Å². The summed E-state index contributed by atoms with van der Waals surface area (Å²) < 4.78 is 12.6. The zero-order valence-electron chi connectivity index (χ0n) is 14.7. The third-order valence-electron chi connectivity index (χ3n) is 3.83. The van der Waals surface area contributed by atoms with Gasteiger partial charge in [-0.15, -0.1) is 0 Å². The van der Waals surface area contributed by atoms with Crippen LogP contribution in [0.1, 0.15) is 24.2 Å². The highest BCUT2D eigenvalue weighted by atomic mass is 16.7. The summed E-state index contributed by atoms with van der Waals surface area (Å²) in [6.45, 7) is 4.57. The highest BCUT2D eigenvalue weighted by molar-refractivity contribution is 6.03. The molecule has 3 rings (SSSR count). The molecule has 0 aliphatic carbocycles. The van der Waals surface area contributed by atoms with Crippen LogP contribution in [0.5, 0.6) is 0 Å². The summed E-state index contributed by atoms with van der Waals surface area (Å²) >= 11 is 0. The van der Waals surface area contributed by atoms with Crippen molar-refractivity contribution in [1.29, 1.82) is 0 Å². The third kappa shape index (κ3) is 4.65. The molecule has 26 heavy (non-hydrogen) atoms. The number of rotatable bonds is 5.